The van der Waals surface area contributed by atoms with Gasteiger partial charge in [-0.25, -0.2) is 4.79 Å². The maximum Gasteiger partial charge on any atom is 0.328 e. The van der Waals surface area contributed by atoms with Crippen molar-refractivity contribution in [1.29, 1.82) is 0 Å². The molecule has 0 amide bonds. The molecule has 5 rings (SSSR count). The van der Waals surface area contributed by atoms with Crippen LogP contribution in [0.25, 0.3) is 22.5 Å². The Morgan fingerprint density at radius 3 is 2.68 bits per heavy atom. The molecule has 4 aromatic rings. The van der Waals surface area contributed by atoms with Gasteiger partial charge in [-0.05, 0) is 65.6 Å². The first-order valence-corrected chi connectivity index (χ1v) is 12.1. The Morgan fingerprint density at radius 2 is 1.97 bits per heavy atom. The van der Waals surface area contributed by atoms with Crippen LogP contribution in [0.3, 0.4) is 0 Å². The smallest absolute Gasteiger partial charge is 0.295 e. The fourth-order valence-electron chi connectivity index (χ4n) is 4.89. The number of unbranched alkanes of at least 4 members (excludes halogenated alkanes) is 1. The predicted octanol–water partition coefficient (Wildman–Crippen LogP) is 4.64. The highest BCUT2D eigenvalue weighted by molar-refractivity contribution is 5.70. The molecule has 0 radical (unpaired) electrons. The molecule has 8 heteroatoms. The summed E-state index contributed by atoms with van der Waals surface area (Å²) in [7, 11) is 0. The van der Waals surface area contributed by atoms with E-state index in [2.05, 4.69) is 64.7 Å². The quantitative estimate of drug-likeness (QED) is 0.416. The van der Waals surface area contributed by atoms with Crippen LogP contribution in [0.15, 0.2) is 53.6 Å². The largest absolute Gasteiger partial charge is 0.328 e. The number of pyridine rings is 1. The standard InChI is InChI=1S/C26H31N7O/c1-4-5-9-22-17-33(23-10-12-26(23,2)3)25(34)32(22)16-21-15-19(11-13-27-21)18-7-6-8-20(14-18)24-28-30-31-29-24/h6-8,11,13-15,17,23H,4-5,9-10,12,16H2,1-3H3,(H,28,29,30,31). The van der Waals surface area contributed by atoms with Gasteiger partial charge < -0.3 is 0 Å². The molecule has 176 valence electrons. The van der Waals surface area contributed by atoms with E-state index in [0.29, 0.717) is 12.4 Å². The fourth-order valence-corrected chi connectivity index (χ4v) is 4.89. The molecule has 1 fully saturated rings. The zero-order valence-corrected chi connectivity index (χ0v) is 20.0. The first-order valence-electron chi connectivity index (χ1n) is 12.1. The van der Waals surface area contributed by atoms with E-state index in [4.69, 9.17) is 0 Å². The van der Waals surface area contributed by atoms with Crippen molar-refractivity contribution in [2.75, 3.05) is 0 Å². The Bertz CT molecular complexity index is 1330. The molecular weight excluding hydrogens is 426 g/mol. The van der Waals surface area contributed by atoms with Crippen LogP contribution in [0.2, 0.25) is 0 Å². The van der Waals surface area contributed by atoms with Crippen LogP contribution < -0.4 is 5.69 Å². The van der Waals surface area contributed by atoms with Crippen molar-refractivity contribution < 1.29 is 0 Å². The molecule has 34 heavy (non-hydrogen) atoms. The molecule has 1 atom stereocenters. The number of rotatable bonds is 8. The number of tetrazole rings is 1. The van der Waals surface area contributed by atoms with Crippen molar-refractivity contribution in [2.24, 2.45) is 5.41 Å². The second-order valence-corrected chi connectivity index (χ2v) is 9.90. The number of nitrogens with zero attached hydrogens (tertiary/aromatic N) is 6. The Balaban J connectivity index is 1.46. The summed E-state index contributed by atoms with van der Waals surface area (Å²) >= 11 is 0. The molecule has 8 nitrogen and oxygen atoms in total. The lowest BCUT2D eigenvalue weighted by Gasteiger charge is -2.44. The number of aromatic nitrogens is 7. The predicted molar refractivity (Wildman–Crippen MR) is 131 cm³/mol. The van der Waals surface area contributed by atoms with Crippen LogP contribution in [0.1, 0.15) is 63.9 Å². The molecule has 1 aliphatic rings. The number of H-pyrrole nitrogens is 1. The third-order valence-corrected chi connectivity index (χ3v) is 7.11. The summed E-state index contributed by atoms with van der Waals surface area (Å²) in [5, 5.41) is 14.3. The topological polar surface area (TPSA) is 94.3 Å². The van der Waals surface area contributed by atoms with Gasteiger partial charge in [0.25, 0.3) is 0 Å². The van der Waals surface area contributed by atoms with Gasteiger partial charge in [-0.1, -0.05) is 45.4 Å². The highest BCUT2D eigenvalue weighted by atomic mass is 16.1. The molecule has 0 bridgehead atoms. The van der Waals surface area contributed by atoms with E-state index in [1.54, 1.807) is 0 Å². The summed E-state index contributed by atoms with van der Waals surface area (Å²) in [6.45, 7) is 7.16. The first-order chi connectivity index (χ1) is 16.5. The van der Waals surface area contributed by atoms with Crippen molar-refractivity contribution in [2.45, 2.75) is 65.5 Å². The van der Waals surface area contributed by atoms with Crippen LogP contribution in [0.5, 0.6) is 0 Å². The molecule has 1 unspecified atom stereocenters. The number of aryl methyl sites for hydroxylation is 1. The average molecular weight is 458 g/mol. The summed E-state index contributed by atoms with van der Waals surface area (Å²) in [5.41, 5.74) is 5.18. The summed E-state index contributed by atoms with van der Waals surface area (Å²) in [6.07, 6.45) is 9.20. The van der Waals surface area contributed by atoms with Crippen molar-refractivity contribution in [3.63, 3.8) is 0 Å². The number of imidazole rings is 1. The molecule has 3 aromatic heterocycles. The summed E-state index contributed by atoms with van der Waals surface area (Å²) < 4.78 is 3.90. The maximum absolute atomic E-state index is 13.5. The van der Waals surface area contributed by atoms with E-state index in [1.807, 2.05) is 39.6 Å². The monoisotopic (exact) mass is 457 g/mol. The first kappa shape index (κ1) is 22.3. The number of benzene rings is 1. The summed E-state index contributed by atoms with van der Waals surface area (Å²) in [5.74, 6) is 0.559. The van der Waals surface area contributed by atoms with E-state index in [0.717, 1.165) is 60.2 Å². The van der Waals surface area contributed by atoms with Gasteiger partial charge in [0, 0.05) is 29.7 Å². The van der Waals surface area contributed by atoms with Gasteiger partial charge in [0.05, 0.1) is 12.2 Å². The zero-order chi connectivity index (χ0) is 23.7. The van der Waals surface area contributed by atoms with Crippen molar-refractivity contribution in [3.8, 4) is 22.5 Å². The molecular formula is C26H31N7O. The minimum atomic E-state index is 0.0789. The van der Waals surface area contributed by atoms with Crippen molar-refractivity contribution in [1.82, 2.24) is 34.7 Å². The van der Waals surface area contributed by atoms with Gasteiger partial charge in [-0.3, -0.25) is 14.1 Å². The third kappa shape index (κ3) is 4.20. The molecule has 1 aliphatic carbocycles. The summed E-state index contributed by atoms with van der Waals surface area (Å²) in [4.78, 5) is 18.1. The van der Waals surface area contributed by atoms with Crippen molar-refractivity contribution >= 4 is 0 Å². The lowest BCUT2D eigenvalue weighted by Crippen LogP contribution is -2.41. The lowest BCUT2D eigenvalue weighted by atomic mass is 9.67. The zero-order valence-electron chi connectivity index (χ0n) is 20.0. The second-order valence-electron chi connectivity index (χ2n) is 9.90. The highest BCUT2D eigenvalue weighted by Gasteiger charge is 2.41. The highest BCUT2D eigenvalue weighted by Crippen LogP contribution is 2.48. The van der Waals surface area contributed by atoms with Gasteiger partial charge in [0.1, 0.15) is 0 Å². The molecule has 1 aromatic carbocycles. The van der Waals surface area contributed by atoms with Gasteiger partial charge in [-0.2, -0.15) is 5.21 Å². The number of hydrogen-bond acceptors (Lipinski definition) is 5. The van der Waals surface area contributed by atoms with Gasteiger partial charge in [0.15, 0.2) is 0 Å². The van der Waals surface area contributed by atoms with Crippen LogP contribution in [0, 0.1) is 5.41 Å². The minimum Gasteiger partial charge on any atom is -0.295 e. The molecule has 0 aliphatic heterocycles. The summed E-state index contributed by atoms with van der Waals surface area (Å²) in [6, 6.07) is 12.4. The maximum atomic E-state index is 13.5. The normalized spacial score (nSPS) is 17.0. The Morgan fingerprint density at radius 1 is 1.15 bits per heavy atom. The molecule has 0 saturated heterocycles. The fraction of sp³-hybridized carbons (Fsp3) is 0.423. The Kier molecular flexibility index (Phi) is 5.89. The average Bonchev–Trinajstić information content (AvgIpc) is 3.48. The Labute approximate surface area is 199 Å². The van der Waals surface area contributed by atoms with E-state index >= 15 is 0 Å². The van der Waals surface area contributed by atoms with Gasteiger partial charge in [-0.15, -0.1) is 10.2 Å². The van der Waals surface area contributed by atoms with Crippen LogP contribution >= 0.6 is 0 Å². The molecule has 1 saturated carbocycles. The number of nitrogens with one attached hydrogen (secondary N) is 1. The number of aromatic amines is 1. The SMILES string of the molecule is CCCCc1cn(C2CCC2(C)C)c(=O)n1Cc1cc(-c2cccc(-c3nn[nH]n3)c2)ccn1. The van der Waals surface area contributed by atoms with Gasteiger partial charge >= 0.3 is 5.69 Å². The second kappa shape index (κ2) is 9.00. The van der Waals surface area contributed by atoms with E-state index in [9.17, 15) is 4.79 Å². The van der Waals surface area contributed by atoms with E-state index in [-0.39, 0.29) is 17.1 Å². The molecule has 1 N–H and O–H groups in total. The minimum absolute atomic E-state index is 0.0789. The van der Waals surface area contributed by atoms with Gasteiger partial charge in [0.2, 0.25) is 5.82 Å². The Hall–Kier alpha value is -3.55. The van der Waals surface area contributed by atoms with Crippen molar-refractivity contribution in [3.05, 3.63) is 70.7 Å². The lowest BCUT2D eigenvalue weighted by molar-refractivity contribution is 0.0786. The molecule has 3 heterocycles. The van der Waals surface area contributed by atoms with E-state index < -0.39 is 0 Å². The van der Waals surface area contributed by atoms with Crippen LogP contribution in [-0.4, -0.2) is 34.7 Å². The van der Waals surface area contributed by atoms with E-state index in [1.165, 1.54) is 0 Å². The van der Waals surface area contributed by atoms with Crippen LogP contribution in [-0.2, 0) is 13.0 Å². The van der Waals surface area contributed by atoms with Crippen LogP contribution in [0.4, 0.5) is 0 Å². The number of hydrogen-bond donors (Lipinski definition) is 1. The molecule has 0 spiro atoms. The third-order valence-electron chi connectivity index (χ3n) is 7.11.